The standard InChI is InChI=1S/C11H13ClN2O2/c12-9-5-7(1-2-10(9)13)8-3-4-14(6-8)11(15)16/h1-2,5,8H,3-4,6,13H2,(H,15,16). The van der Waals surface area contributed by atoms with Gasteiger partial charge in [0.25, 0.3) is 0 Å². The van der Waals surface area contributed by atoms with Crippen LogP contribution in [0, 0.1) is 0 Å². The number of carbonyl (C=O) groups is 1. The van der Waals surface area contributed by atoms with E-state index in [1.165, 1.54) is 4.90 Å². The van der Waals surface area contributed by atoms with Crippen LogP contribution in [0.4, 0.5) is 10.5 Å². The first-order valence-electron chi connectivity index (χ1n) is 5.10. The number of rotatable bonds is 1. The zero-order valence-corrected chi connectivity index (χ0v) is 9.44. The van der Waals surface area contributed by atoms with Gasteiger partial charge >= 0.3 is 6.09 Å². The fourth-order valence-corrected chi connectivity index (χ4v) is 2.19. The number of carboxylic acid groups (broad SMARTS) is 1. The molecule has 0 bridgehead atoms. The minimum absolute atomic E-state index is 0.231. The van der Waals surface area contributed by atoms with Crippen LogP contribution in [0.3, 0.4) is 0 Å². The van der Waals surface area contributed by atoms with Crippen LogP contribution in [0.5, 0.6) is 0 Å². The number of hydrogen-bond donors (Lipinski definition) is 2. The summed E-state index contributed by atoms with van der Waals surface area (Å²) in [7, 11) is 0. The van der Waals surface area contributed by atoms with Crippen molar-refractivity contribution in [2.75, 3.05) is 18.8 Å². The van der Waals surface area contributed by atoms with Gasteiger partial charge in [-0.3, -0.25) is 0 Å². The van der Waals surface area contributed by atoms with Crippen molar-refractivity contribution in [1.82, 2.24) is 4.90 Å². The molecule has 4 nitrogen and oxygen atoms in total. The molecule has 0 aromatic heterocycles. The van der Waals surface area contributed by atoms with E-state index < -0.39 is 6.09 Å². The predicted molar refractivity (Wildman–Crippen MR) is 62.8 cm³/mol. The number of hydrogen-bond acceptors (Lipinski definition) is 2. The van der Waals surface area contributed by atoms with E-state index in [0.29, 0.717) is 23.8 Å². The van der Waals surface area contributed by atoms with Crippen molar-refractivity contribution >= 4 is 23.4 Å². The molecular formula is C11H13ClN2O2. The zero-order valence-electron chi connectivity index (χ0n) is 8.69. The van der Waals surface area contributed by atoms with E-state index in [0.717, 1.165) is 12.0 Å². The second kappa shape index (κ2) is 4.22. The molecule has 1 saturated heterocycles. The van der Waals surface area contributed by atoms with Crippen LogP contribution < -0.4 is 5.73 Å². The van der Waals surface area contributed by atoms with E-state index >= 15 is 0 Å². The molecule has 0 radical (unpaired) electrons. The summed E-state index contributed by atoms with van der Waals surface area (Å²) in [5.74, 6) is 0.231. The molecule has 16 heavy (non-hydrogen) atoms. The maximum Gasteiger partial charge on any atom is 0.407 e. The third kappa shape index (κ3) is 2.07. The van der Waals surface area contributed by atoms with Gasteiger partial charge < -0.3 is 15.7 Å². The first-order chi connectivity index (χ1) is 7.58. The Kier molecular flexibility index (Phi) is 2.92. The molecule has 2 rings (SSSR count). The van der Waals surface area contributed by atoms with Gasteiger partial charge in [-0.15, -0.1) is 0 Å². The lowest BCUT2D eigenvalue weighted by Gasteiger charge is -2.13. The molecule has 0 saturated carbocycles. The number of halogens is 1. The molecule has 1 aromatic rings. The van der Waals surface area contributed by atoms with Gasteiger partial charge in [0.15, 0.2) is 0 Å². The topological polar surface area (TPSA) is 66.6 Å². The van der Waals surface area contributed by atoms with Crippen molar-refractivity contribution in [3.63, 3.8) is 0 Å². The zero-order chi connectivity index (χ0) is 11.7. The van der Waals surface area contributed by atoms with E-state index in [1.54, 1.807) is 6.07 Å². The van der Waals surface area contributed by atoms with Gasteiger partial charge in [0.05, 0.1) is 10.7 Å². The molecule has 1 aliphatic heterocycles. The molecule has 1 atom stereocenters. The van der Waals surface area contributed by atoms with Crippen molar-refractivity contribution in [1.29, 1.82) is 0 Å². The third-order valence-corrected chi connectivity index (χ3v) is 3.28. The summed E-state index contributed by atoms with van der Waals surface area (Å²) in [6.45, 7) is 1.12. The molecule has 1 aliphatic rings. The second-order valence-corrected chi connectivity index (χ2v) is 4.40. The highest BCUT2D eigenvalue weighted by molar-refractivity contribution is 6.33. The maximum atomic E-state index is 10.8. The second-order valence-electron chi connectivity index (χ2n) is 4.00. The lowest BCUT2D eigenvalue weighted by molar-refractivity contribution is 0.155. The quantitative estimate of drug-likeness (QED) is 0.741. The molecule has 1 heterocycles. The summed E-state index contributed by atoms with van der Waals surface area (Å²) in [5, 5.41) is 9.39. The SMILES string of the molecule is Nc1ccc(C2CCN(C(=O)O)C2)cc1Cl. The third-order valence-electron chi connectivity index (χ3n) is 2.95. The first kappa shape index (κ1) is 11.1. The largest absolute Gasteiger partial charge is 0.465 e. The number of amides is 1. The molecule has 1 amide bonds. The van der Waals surface area contributed by atoms with Crippen LogP contribution in [0.25, 0.3) is 0 Å². The lowest BCUT2D eigenvalue weighted by atomic mass is 9.98. The molecule has 1 unspecified atom stereocenters. The van der Waals surface area contributed by atoms with Crippen molar-refractivity contribution < 1.29 is 9.90 Å². The Hall–Kier alpha value is -1.42. The summed E-state index contributed by atoms with van der Waals surface area (Å²) in [6, 6.07) is 5.51. The van der Waals surface area contributed by atoms with Gasteiger partial charge in [-0.05, 0) is 24.1 Å². The summed E-state index contributed by atoms with van der Waals surface area (Å²) in [4.78, 5) is 12.2. The van der Waals surface area contributed by atoms with Crippen LogP contribution in [0.1, 0.15) is 17.9 Å². The number of nitrogens with zero attached hydrogens (tertiary/aromatic N) is 1. The maximum absolute atomic E-state index is 10.8. The van der Waals surface area contributed by atoms with Gasteiger partial charge in [0, 0.05) is 19.0 Å². The van der Waals surface area contributed by atoms with Gasteiger partial charge in [0.2, 0.25) is 0 Å². The summed E-state index contributed by atoms with van der Waals surface area (Å²) >= 11 is 5.94. The molecule has 5 heteroatoms. The van der Waals surface area contributed by atoms with Crippen molar-refractivity contribution in [3.8, 4) is 0 Å². The Morgan fingerprint density at radius 2 is 2.31 bits per heavy atom. The van der Waals surface area contributed by atoms with Crippen LogP contribution >= 0.6 is 11.6 Å². The van der Waals surface area contributed by atoms with E-state index in [9.17, 15) is 4.79 Å². The number of nitrogen functional groups attached to an aromatic ring is 1. The predicted octanol–water partition coefficient (Wildman–Crippen LogP) is 2.39. The van der Waals surface area contributed by atoms with Gasteiger partial charge in [-0.25, -0.2) is 4.79 Å². The minimum atomic E-state index is -0.857. The number of likely N-dealkylation sites (tertiary alicyclic amines) is 1. The molecule has 0 aliphatic carbocycles. The number of benzene rings is 1. The Morgan fingerprint density at radius 1 is 1.56 bits per heavy atom. The first-order valence-corrected chi connectivity index (χ1v) is 5.48. The van der Waals surface area contributed by atoms with Gasteiger partial charge in [-0.1, -0.05) is 17.7 Å². The normalized spacial score (nSPS) is 20.1. The smallest absolute Gasteiger partial charge is 0.407 e. The van der Waals surface area contributed by atoms with E-state index in [1.807, 2.05) is 12.1 Å². The molecule has 3 N–H and O–H groups in total. The average molecular weight is 241 g/mol. The summed E-state index contributed by atoms with van der Waals surface area (Å²) in [5.41, 5.74) is 7.24. The molecular weight excluding hydrogens is 228 g/mol. The molecule has 1 aromatic carbocycles. The van der Waals surface area contributed by atoms with E-state index in [4.69, 9.17) is 22.4 Å². The van der Waals surface area contributed by atoms with Crippen molar-refractivity contribution in [3.05, 3.63) is 28.8 Å². The fourth-order valence-electron chi connectivity index (χ4n) is 2.00. The summed E-state index contributed by atoms with van der Waals surface area (Å²) < 4.78 is 0. The van der Waals surface area contributed by atoms with Crippen LogP contribution in [0.15, 0.2) is 18.2 Å². The molecule has 1 fully saturated rings. The fraction of sp³-hybridized carbons (Fsp3) is 0.364. The lowest BCUT2D eigenvalue weighted by Crippen LogP contribution is -2.26. The highest BCUT2D eigenvalue weighted by Gasteiger charge is 2.27. The van der Waals surface area contributed by atoms with Crippen molar-refractivity contribution in [2.24, 2.45) is 0 Å². The van der Waals surface area contributed by atoms with Crippen LogP contribution in [0.2, 0.25) is 5.02 Å². The highest BCUT2D eigenvalue weighted by atomic mass is 35.5. The molecule has 0 spiro atoms. The van der Waals surface area contributed by atoms with E-state index in [-0.39, 0.29) is 5.92 Å². The highest BCUT2D eigenvalue weighted by Crippen LogP contribution is 2.30. The van der Waals surface area contributed by atoms with Gasteiger partial charge in [0.1, 0.15) is 0 Å². The monoisotopic (exact) mass is 240 g/mol. The van der Waals surface area contributed by atoms with E-state index in [2.05, 4.69) is 0 Å². The Morgan fingerprint density at radius 3 is 2.88 bits per heavy atom. The Balaban J connectivity index is 2.14. The number of nitrogens with two attached hydrogens (primary N) is 1. The Bertz CT molecular complexity index is 422. The Labute approximate surface area is 98.6 Å². The molecule has 86 valence electrons. The number of anilines is 1. The van der Waals surface area contributed by atoms with Gasteiger partial charge in [-0.2, -0.15) is 0 Å². The van der Waals surface area contributed by atoms with Crippen LogP contribution in [-0.4, -0.2) is 29.2 Å². The average Bonchev–Trinajstić information content (AvgIpc) is 2.71. The van der Waals surface area contributed by atoms with Crippen LogP contribution in [-0.2, 0) is 0 Å². The summed E-state index contributed by atoms with van der Waals surface area (Å²) in [6.07, 6.45) is -0.0175. The van der Waals surface area contributed by atoms with Crippen molar-refractivity contribution in [2.45, 2.75) is 12.3 Å². The minimum Gasteiger partial charge on any atom is -0.465 e.